The van der Waals surface area contributed by atoms with Gasteiger partial charge in [-0.1, -0.05) is 0 Å². The van der Waals surface area contributed by atoms with Crippen LogP contribution in [0.3, 0.4) is 0 Å². The van der Waals surface area contributed by atoms with E-state index in [0.29, 0.717) is 11.3 Å². The monoisotopic (exact) mass is 200 g/mol. The number of anilines is 1. The lowest BCUT2D eigenvalue weighted by Crippen LogP contribution is -2.05. The summed E-state index contributed by atoms with van der Waals surface area (Å²) in [5, 5.41) is 7.33. The van der Waals surface area contributed by atoms with Gasteiger partial charge in [0.1, 0.15) is 5.75 Å². The van der Waals surface area contributed by atoms with Crippen LogP contribution < -0.4 is 10.5 Å². The molecule has 0 unspecified atom stereocenters. The Hall–Kier alpha value is -1.65. The van der Waals surface area contributed by atoms with E-state index in [4.69, 9.17) is 11.1 Å². The highest BCUT2D eigenvalue weighted by Crippen LogP contribution is 2.21. The fourth-order valence-electron chi connectivity index (χ4n) is 1.04. The first-order valence-corrected chi connectivity index (χ1v) is 3.90. The zero-order valence-electron chi connectivity index (χ0n) is 7.55. The first-order valence-electron chi connectivity index (χ1n) is 3.90. The molecule has 0 aromatic heterocycles. The van der Waals surface area contributed by atoms with Crippen molar-refractivity contribution in [1.29, 1.82) is 5.41 Å². The van der Waals surface area contributed by atoms with Gasteiger partial charge >= 0.3 is 6.61 Å². The van der Waals surface area contributed by atoms with Gasteiger partial charge in [-0.05, 0) is 25.1 Å². The Balaban J connectivity index is 3.00. The highest BCUT2D eigenvalue weighted by Gasteiger charge is 2.07. The van der Waals surface area contributed by atoms with Crippen LogP contribution in [0.5, 0.6) is 5.75 Å². The van der Waals surface area contributed by atoms with E-state index >= 15 is 0 Å². The van der Waals surface area contributed by atoms with Gasteiger partial charge in [-0.15, -0.1) is 0 Å². The Labute approximate surface area is 80.0 Å². The molecule has 0 atom stereocenters. The molecule has 0 saturated heterocycles. The third kappa shape index (κ3) is 2.42. The Morgan fingerprint density at radius 2 is 2.14 bits per heavy atom. The Kier molecular flexibility index (Phi) is 3.01. The molecule has 14 heavy (non-hydrogen) atoms. The molecule has 1 rings (SSSR count). The van der Waals surface area contributed by atoms with E-state index < -0.39 is 6.61 Å². The number of rotatable bonds is 3. The highest BCUT2D eigenvalue weighted by atomic mass is 19.3. The molecule has 0 amide bonds. The molecule has 3 N–H and O–H groups in total. The first kappa shape index (κ1) is 10.4. The number of ether oxygens (including phenoxy) is 1. The van der Waals surface area contributed by atoms with E-state index in [1.54, 1.807) is 0 Å². The SMILES string of the molecule is CC(=N)c1cc(OC(F)F)ccc1N. The van der Waals surface area contributed by atoms with Gasteiger partial charge in [-0.25, -0.2) is 0 Å². The summed E-state index contributed by atoms with van der Waals surface area (Å²) in [6, 6.07) is 4.10. The van der Waals surface area contributed by atoms with Crippen molar-refractivity contribution in [3.8, 4) is 5.75 Å². The second kappa shape index (κ2) is 4.04. The molecule has 0 aliphatic rings. The largest absolute Gasteiger partial charge is 0.435 e. The molecule has 0 heterocycles. The summed E-state index contributed by atoms with van der Waals surface area (Å²) in [6.45, 7) is -1.34. The summed E-state index contributed by atoms with van der Waals surface area (Å²) in [5.41, 5.74) is 6.53. The van der Waals surface area contributed by atoms with E-state index in [1.807, 2.05) is 0 Å². The fourth-order valence-corrected chi connectivity index (χ4v) is 1.04. The van der Waals surface area contributed by atoms with Crippen molar-refractivity contribution in [3.63, 3.8) is 0 Å². The molecule has 76 valence electrons. The number of nitrogens with two attached hydrogens (primary N) is 1. The standard InChI is InChI=1S/C9H10F2N2O/c1-5(12)7-4-6(14-9(10)11)2-3-8(7)13/h2-4,9,12H,13H2,1H3. The van der Waals surface area contributed by atoms with E-state index in [2.05, 4.69) is 4.74 Å². The topological polar surface area (TPSA) is 59.1 Å². The molecule has 5 heteroatoms. The van der Waals surface area contributed by atoms with Crippen molar-refractivity contribution in [3.05, 3.63) is 23.8 Å². The van der Waals surface area contributed by atoms with E-state index in [-0.39, 0.29) is 11.5 Å². The number of alkyl halides is 2. The number of benzene rings is 1. The lowest BCUT2D eigenvalue weighted by atomic mass is 10.1. The van der Waals surface area contributed by atoms with Crippen LogP contribution in [0.2, 0.25) is 0 Å². The summed E-state index contributed by atoms with van der Waals surface area (Å²) in [7, 11) is 0. The normalized spacial score (nSPS) is 10.3. The number of halogens is 2. The second-order valence-electron chi connectivity index (χ2n) is 2.75. The lowest BCUT2D eigenvalue weighted by molar-refractivity contribution is -0.0498. The van der Waals surface area contributed by atoms with Crippen molar-refractivity contribution < 1.29 is 13.5 Å². The van der Waals surface area contributed by atoms with Crippen LogP contribution in [0.4, 0.5) is 14.5 Å². The minimum absolute atomic E-state index is 0.0100. The maximum atomic E-state index is 11.8. The average molecular weight is 200 g/mol. The lowest BCUT2D eigenvalue weighted by Gasteiger charge is -2.08. The number of nitrogens with one attached hydrogen (secondary N) is 1. The van der Waals surface area contributed by atoms with E-state index in [0.717, 1.165) is 0 Å². The number of nitrogen functional groups attached to an aromatic ring is 1. The van der Waals surface area contributed by atoms with Crippen LogP contribution in [-0.2, 0) is 0 Å². The molecule has 1 aromatic rings. The van der Waals surface area contributed by atoms with Gasteiger partial charge in [0.25, 0.3) is 0 Å². The van der Waals surface area contributed by atoms with Gasteiger partial charge < -0.3 is 15.9 Å². The van der Waals surface area contributed by atoms with Gasteiger partial charge in [0.15, 0.2) is 0 Å². The van der Waals surface area contributed by atoms with Crippen LogP contribution in [-0.4, -0.2) is 12.3 Å². The Bertz CT molecular complexity index is 353. The van der Waals surface area contributed by atoms with Crippen molar-refractivity contribution in [2.45, 2.75) is 13.5 Å². The molecule has 0 aliphatic carbocycles. The molecular formula is C9H10F2N2O. The summed E-state index contributed by atoms with van der Waals surface area (Å²) >= 11 is 0. The van der Waals surface area contributed by atoms with Gasteiger partial charge in [0, 0.05) is 17.0 Å². The van der Waals surface area contributed by atoms with Gasteiger partial charge in [-0.3, -0.25) is 0 Å². The number of hydrogen-bond acceptors (Lipinski definition) is 3. The molecule has 0 radical (unpaired) electrons. The van der Waals surface area contributed by atoms with Crippen molar-refractivity contribution in [1.82, 2.24) is 0 Å². The molecule has 0 spiro atoms. The average Bonchev–Trinajstić information content (AvgIpc) is 2.07. The van der Waals surface area contributed by atoms with Crippen molar-refractivity contribution in [2.75, 3.05) is 5.73 Å². The summed E-state index contributed by atoms with van der Waals surface area (Å²) in [5.74, 6) is 0.0100. The third-order valence-electron chi connectivity index (χ3n) is 1.65. The molecule has 0 fully saturated rings. The predicted molar refractivity (Wildman–Crippen MR) is 50.0 cm³/mol. The fraction of sp³-hybridized carbons (Fsp3) is 0.222. The molecule has 0 bridgehead atoms. The molecular weight excluding hydrogens is 190 g/mol. The van der Waals surface area contributed by atoms with Crippen LogP contribution in [0.25, 0.3) is 0 Å². The molecule has 0 saturated carbocycles. The minimum atomic E-state index is -2.86. The summed E-state index contributed by atoms with van der Waals surface area (Å²) in [4.78, 5) is 0. The number of hydrogen-bond donors (Lipinski definition) is 2. The van der Waals surface area contributed by atoms with E-state index in [1.165, 1.54) is 25.1 Å². The van der Waals surface area contributed by atoms with E-state index in [9.17, 15) is 8.78 Å². The summed E-state index contributed by atoms with van der Waals surface area (Å²) in [6.07, 6.45) is 0. The zero-order chi connectivity index (χ0) is 10.7. The molecule has 3 nitrogen and oxygen atoms in total. The van der Waals surface area contributed by atoms with Crippen LogP contribution in [0, 0.1) is 5.41 Å². The zero-order valence-corrected chi connectivity index (χ0v) is 7.55. The maximum Gasteiger partial charge on any atom is 0.387 e. The third-order valence-corrected chi connectivity index (χ3v) is 1.65. The summed E-state index contributed by atoms with van der Waals surface area (Å²) < 4.78 is 27.9. The van der Waals surface area contributed by atoms with Gasteiger partial charge in [-0.2, -0.15) is 8.78 Å². The Morgan fingerprint density at radius 3 is 2.64 bits per heavy atom. The highest BCUT2D eigenvalue weighted by molar-refractivity contribution is 6.01. The van der Waals surface area contributed by atoms with Gasteiger partial charge in [0.2, 0.25) is 0 Å². The minimum Gasteiger partial charge on any atom is -0.435 e. The Morgan fingerprint density at radius 1 is 1.50 bits per heavy atom. The second-order valence-corrected chi connectivity index (χ2v) is 2.75. The van der Waals surface area contributed by atoms with Crippen LogP contribution >= 0.6 is 0 Å². The van der Waals surface area contributed by atoms with Crippen molar-refractivity contribution in [2.24, 2.45) is 0 Å². The molecule has 0 aliphatic heterocycles. The predicted octanol–water partition coefficient (Wildman–Crippen LogP) is 2.26. The van der Waals surface area contributed by atoms with Gasteiger partial charge in [0.05, 0.1) is 0 Å². The first-order chi connectivity index (χ1) is 6.50. The van der Waals surface area contributed by atoms with Crippen LogP contribution in [0.1, 0.15) is 12.5 Å². The quantitative estimate of drug-likeness (QED) is 0.580. The molecule has 1 aromatic carbocycles. The van der Waals surface area contributed by atoms with Crippen LogP contribution in [0.15, 0.2) is 18.2 Å². The smallest absolute Gasteiger partial charge is 0.387 e. The maximum absolute atomic E-state index is 11.8. The van der Waals surface area contributed by atoms with Crippen molar-refractivity contribution >= 4 is 11.4 Å².